The number of thiazole rings is 1. The van der Waals surface area contributed by atoms with E-state index in [1.54, 1.807) is 18.1 Å². The lowest BCUT2D eigenvalue weighted by Crippen LogP contribution is -2.25. The molecule has 2 aromatic rings. The molecule has 0 atom stereocenters. The van der Waals surface area contributed by atoms with Gasteiger partial charge in [-0.25, -0.2) is 4.98 Å². The minimum atomic E-state index is -0.135. The van der Waals surface area contributed by atoms with Gasteiger partial charge in [-0.3, -0.25) is 10.1 Å². The van der Waals surface area contributed by atoms with Crippen LogP contribution in [0.15, 0.2) is 41.1 Å². The maximum Gasteiger partial charge on any atom is 0.274 e. The number of amides is 1. The number of aromatic nitrogens is 1. The molecule has 102 valence electrons. The van der Waals surface area contributed by atoms with Crippen molar-refractivity contribution < 1.29 is 4.79 Å². The SMILES string of the molecule is Cc1cnc(NC(=O)C2=Cc3ccccc3SN2C)s1. The summed E-state index contributed by atoms with van der Waals surface area (Å²) in [4.78, 5) is 18.7. The normalized spacial score (nSPS) is 13.7. The molecule has 1 aliphatic heterocycles. The van der Waals surface area contributed by atoms with E-state index in [4.69, 9.17) is 0 Å². The Morgan fingerprint density at radius 1 is 1.35 bits per heavy atom. The average molecular weight is 303 g/mol. The number of rotatable bonds is 2. The molecule has 4 nitrogen and oxygen atoms in total. The molecule has 0 aliphatic carbocycles. The summed E-state index contributed by atoms with van der Waals surface area (Å²) in [5.41, 5.74) is 1.69. The van der Waals surface area contributed by atoms with Crippen LogP contribution < -0.4 is 5.32 Å². The number of likely N-dealkylation sites (N-methyl/N-ethyl adjacent to an activating group) is 1. The van der Waals surface area contributed by atoms with Gasteiger partial charge in [0.2, 0.25) is 0 Å². The number of nitrogens with one attached hydrogen (secondary N) is 1. The van der Waals surface area contributed by atoms with Gasteiger partial charge in [-0.1, -0.05) is 18.2 Å². The Bertz CT molecular complexity index is 693. The Morgan fingerprint density at radius 2 is 2.15 bits per heavy atom. The first kappa shape index (κ1) is 13.2. The maximum absolute atomic E-state index is 12.3. The first-order valence-electron chi connectivity index (χ1n) is 6.10. The summed E-state index contributed by atoms with van der Waals surface area (Å²) in [6, 6.07) is 8.03. The van der Waals surface area contributed by atoms with E-state index < -0.39 is 0 Å². The smallest absolute Gasteiger partial charge is 0.274 e. The number of carbonyl (C=O) groups excluding carboxylic acids is 1. The fourth-order valence-corrected chi connectivity index (χ4v) is 3.46. The Balaban J connectivity index is 1.86. The zero-order chi connectivity index (χ0) is 14.1. The fourth-order valence-electron chi connectivity index (χ4n) is 1.90. The predicted molar refractivity (Wildman–Crippen MR) is 83.5 cm³/mol. The minimum absolute atomic E-state index is 0.135. The van der Waals surface area contributed by atoms with Crippen molar-refractivity contribution in [3.8, 4) is 0 Å². The lowest BCUT2D eigenvalue weighted by atomic mass is 10.2. The van der Waals surface area contributed by atoms with Gasteiger partial charge in [-0.2, -0.15) is 0 Å². The number of hydrogen-bond acceptors (Lipinski definition) is 5. The van der Waals surface area contributed by atoms with Crippen LogP contribution in [0.25, 0.3) is 6.08 Å². The van der Waals surface area contributed by atoms with Crippen molar-refractivity contribution in [2.45, 2.75) is 11.8 Å². The van der Waals surface area contributed by atoms with Gasteiger partial charge < -0.3 is 4.31 Å². The quantitative estimate of drug-likeness (QED) is 0.864. The molecule has 0 saturated heterocycles. The van der Waals surface area contributed by atoms with E-state index in [0.29, 0.717) is 10.8 Å². The molecular formula is C14H13N3OS2. The highest BCUT2D eigenvalue weighted by atomic mass is 32.2. The van der Waals surface area contributed by atoms with Gasteiger partial charge in [0.05, 0.1) is 0 Å². The minimum Gasteiger partial charge on any atom is -0.310 e. The molecule has 0 radical (unpaired) electrons. The summed E-state index contributed by atoms with van der Waals surface area (Å²) >= 11 is 3.02. The Morgan fingerprint density at radius 3 is 2.90 bits per heavy atom. The van der Waals surface area contributed by atoms with Crippen molar-refractivity contribution in [2.75, 3.05) is 12.4 Å². The van der Waals surface area contributed by atoms with Gasteiger partial charge >= 0.3 is 0 Å². The van der Waals surface area contributed by atoms with Gasteiger partial charge in [0.1, 0.15) is 5.70 Å². The zero-order valence-electron chi connectivity index (χ0n) is 11.1. The molecule has 20 heavy (non-hydrogen) atoms. The molecule has 0 fully saturated rings. The number of anilines is 1. The molecule has 1 aromatic carbocycles. The first-order chi connectivity index (χ1) is 9.63. The summed E-state index contributed by atoms with van der Waals surface area (Å²) < 4.78 is 1.87. The van der Waals surface area contributed by atoms with Crippen LogP contribution in [0, 0.1) is 6.92 Å². The second-order valence-electron chi connectivity index (χ2n) is 4.39. The number of aryl methyl sites for hydroxylation is 1. The van der Waals surface area contributed by atoms with Gasteiger partial charge in [-0.15, -0.1) is 11.3 Å². The van der Waals surface area contributed by atoms with E-state index in [0.717, 1.165) is 15.3 Å². The van der Waals surface area contributed by atoms with Gasteiger partial charge in [0, 0.05) is 23.0 Å². The first-order valence-corrected chi connectivity index (χ1v) is 7.68. The van der Waals surface area contributed by atoms with Crippen LogP contribution in [0.5, 0.6) is 0 Å². The number of fused-ring (bicyclic) bond motifs is 1. The topological polar surface area (TPSA) is 45.2 Å². The third kappa shape index (κ3) is 2.57. The monoisotopic (exact) mass is 303 g/mol. The molecule has 0 spiro atoms. The highest BCUT2D eigenvalue weighted by Crippen LogP contribution is 2.35. The van der Waals surface area contributed by atoms with Crippen LogP contribution >= 0.6 is 23.3 Å². The zero-order valence-corrected chi connectivity index (χ0v) is 12.7. The molecular weight excluding hydrogens is 290 g/mol. The predicted octanol–water partition coefficient (Wildman–Crippen LogP) is 3.38. The molecule has 6 heteroatoms. The molecule has 3 rings (SSSR count). The molecule has 1 aromatic heterocycles. The van der Waals surface area contributed by atoms with Gasteiger partial charge in [-0.05, 0) is 36.6 Å². The molecule has 0 saturated carbocycles. The third-order valence-corrected chi connectivity index (χ3v) is 4.73. The van der Waals surface area contributed by atoms with Crippen LogP contribution in [-0.2, 0) is 4.79 Å². The fraction of sp³-hybridized carbons (Fsp3) is 0.143. The standard InChI is InChI=1S/C14H13N3OS2/c1-9-8-15-14(19-9)16-13(18)11-7-10-5-3-4-6-12(10)20-17(11)2/h3-8H,1-2H3,(H,15,16,18). The van der Waals surface area contributed by atoms with E-state index in [2.05, 4.69) is 10.3 Å². The van der Waals surface area contributed by atoms with Crippen LogP contribution in [0.4, 0.5) is 5.13 Å². The van der Waals surface area contributed by atoms with Crippen molar-refractivity contribution in [3.63, 3.8) is 0 Å². The highest BCUT2D eigenvalue weighted by molar-refractivity contribution is 7.97. The number of hydrogen-bond donors (Lipinski definition) is 1. The van der Waals surface area contributed by atoms with Gasteiger partial charge in [0.15, 0.2) is 5.13 Å². The second-order valence-corrected chi connectivity index (χ2v) is 6.79. The number of benzene rings is 1. The van der Waals surface area contributed by atoms with Crippen molar-refractivity contribution in [2.24, 2.45) is 0 Å². The molecule has 0 bridgehead atoms. The Hall–Kier alpha value is -1.79. The van der Waals surface area contributed by atoms with E-state index in [9.17, 15) is 4.79 Å². The maximum atomic E-state index is 12.3. The second kappa shape index (κ2) is 5.30. The lowest BCUT2D eigenvalue weighted by Gasteiger charge is -2.25. The summed E-state index contributed by atoms with van der Waals surface area (Å²) in [7, 11) is 1.89. The van der Waals surface area contributed by atoms with Crippen LogP contribution in [0.3, 0.4) is 0 Å². The van der Waals surface area contributed by atoms with Crippen molar-refractivity contribution in [1.82, 2.24) is 9.29 Å². The van der Waals surface area contributed by atoms with Crippen molar-refractivity contribution >= 4 is 40.4 Å². The van der Waals surface area contributed by atoms with Gasteiger partial charge in [0.25, 0.3) is 5.91 Å². The molecule has 1 aliphatic rings. The number of carbonyl (C=O) groups is 1. The molecule has 1 amide bonds. The summed E-state index contributed by atoms with van der Waals surface area (Å²) in [5.74, 6) is -0.135. The molecule has 0 unspecified atom stereocenters. The van der Waals surface area contributed by atoms with Crippen LogP contribution in [0.1, 0.15) is 10.4 Å². The van der Waals surface area contributed by atoms with Crippen molar-refractivity contribution in [3.05, 3.63) is 46.6 Å². The van der Waals surface area contributed by atoms with E-state index >= 15 is 0 Å². The number of nitrogens with zero attached hydrogens (tertiary/aromatic N) is 2. The largest absolute Gasteiger partial charge is 0.310 e. The average Bonchev–Trinajstić information content (AvgIpc) is 2.83. The highest BCUT2D eigenvalue weighted by Gasteiger charge is 2.21. The van der Waals surface area contributed by atoms with E-state index in [1.807, 2.05) is 48.6 Å². The van der Waals surface area contributed by atoms with Crippen LogP contribution in [-0.4, -0.2) is 22.2 Å². The molecule has 2 heterocycles. The summed E-state index contributed by atoms with van der Waals surface area (Å²) in [5, 5.41) is 3.47. The summed E-state index contributed by atoms with van der Waals surface area (Å²) in [6.07, 6.45) is 3.66. The third-order valence-electron chi connectivity index (χ3n) is 2.86. The lowest BCUT2D eigenvalue weighted by molar-refractivity contribution is -0.113. The summed E-state index contributed by atoms with van der Waals surface area (Å²) in [6.45, 7) is 1.96. The van der Waals surface area contributed by atoms with Crippen molar-refractivity contribution in [1.29, 1.82) is 0 Å². The van der Waals surface area contributed by atoms with Crippen LogP contribution in [0.2, 0.25) is 0 Å². The van der Waals surface area contributed by atoms with E-state index in [1.165, 1.54) is 11.3 Å². The van der Waals surface area contributed by atoms with E-state index in [-0.39, 0.29) is 5.91 Å². The Labute approximate surface area is 125 Å². The molecule has 1 N–H and O–H groups in total. The Kier molecular flexibility index (Phi) is 3.50.